The molecule has 0 atom stereocenters. The molecular weight excluding hydrogens is 234 g/mol. The van der Waals surface area contributed by atoms with Gasteiger partial charge in [0.2, 0.25) is 0 Å². The van der Waals surface area contributed by atoms with Gasteiger partial charge in [0.05, 0.1) is 11.1 Å². The number of pyridine rings is 1. The first-order valence-electron chi connectivity index (χ1n) is 5.10. The van der Waals surface area contributed by atoms with Gasteiger partial charge in [-0.2, -0.15) is 0 Å². The minimum atomic E-state index is -1.07. The lowest BCUT2D eigenvalue weighted by Gasteiger charge is -2.05. The normalized spacial score (nSPS) is 10.0. The number of nitrogens with zero attached hydrogens (tertiary/aromatic N) is 1. The van der Waals surface area contributed by atoms with Gasteiger partial charge in [0.15, 0.2) is 0 Å². The van der Waals surface area contributed by atoms with Gasteiger partial charge in [-0.15, -0.1) is 0 Å². The zero-order valence-electron chi connectivity index (χ0n) is 9.20. The second-order valence-corrected chi connectivity index (χ2v) is 3.61. The minimum absolute atomic E-state index is 0.0839. The van der Waals surface area contributed by atoms with Gasteiger partial charge in [0, 0.05) is 12.4 Å². The lowest BCUT2D eigenvalue weighted by atomic mass is 10.0. The monoisotopic (exact) mass is 243 g/mol. The van der Waals surface area contributed by atoms with Crippen molar-refractivity contribution >= 4 is 11.9 Å². The number of hydrogen-bond donors (Lipinski definition) is 2. The SMILES string of the molecule is O=C(O)c1ccc(-c2ccncc2C(=O)O)cc1. The number of aromatic carboxylic acids is 2. The Labute approximate surface area is 102 Å². The predicted molar refractivity (Wildman–Crippen MR) is 63.6 cm³/mol. The molecule has 0 aliphatic rings. The molecule has 0 aliphatic carbocycles. The standard InChI is InChI=1S/C13H9NO4/c15-12(16)9-3-1-8(2-4-9)10-5-6-14-7-11(10)13(17)18/h1-7H,(H,15,16)(H,17,18). The van der Waals surface area contributed by atoms with Gasteiger partial charge in [-0.1, -0.05) is 12.1 Å². The van der Waals surface area contributed by atoms with Crippen molar-refractivity contribution in [3.63, 3.8) is 0 Å². The summed E-state index contributed by atoms with van der Waals surface area (Å²) in [5.74, 6) is -2.09. The summed E-state index contributed by atoms with van der Waals surface area (Å²) in [6.45, 7) is 0. The number of benzene rings is 1. The molecule has 1 heterocycles. The highest BCUT2D eigenvalue weighted by Gasteiger charge is 2.11. The maximum atomic E-state index is 11.0. The number of hydrogen-bond acceptors (Lipinski definition) is 3. The second-order valence-electron chi connectivity index (χ2n) is 3.61. The summed E-state index contributed by atoms with van der Waals surface area (Å²) in [5.41, 5.74) is 1.39. The summed E-state index contributed by atoms with van der Waals surface area (Å²) >= 11 is 0. The maximum Gasteiger partial charge on any atom is 0.337 e. The van der Waals surface area contributed by atoms with Crippen LogP contribution < -0.4 is 0 Å². The van der Waals surface area contributed by atoms with Crippen LogP contribution in [0.2, 0.25) is 0 Å². The summed E-state index contributed by atoms with van der Waals surface area (Å²) in [6.07, 6.45) is 2.76. The van der Waals surface area contributed by atoms with Gasteiger partial charge in [-0.25, -0.2) is 9.59 Å². The molecule has 0 fully saturated rings. The van der Waals surface area contributed by atoms with Crippen molar-refractivity contribution in [1.82, 2.24) is 4.98 Å². The van der Waals surface area contributed by atoms with Crippen molar-refractivity contribution in [3.05, 3.63) is 53.9 Å². The molecule has 0 aliphatic heterocycles. The molecule has 90 valence electrons. The van der Waals surface area contributed by atoms with Crippen molar-refractivity contribution in [2.75, 3.05) is 0 Å². The molecule has 0 amide bonds. The van der Waals surface area contributed by atoms with Gasteiger partial charge in [0.25, 0.3) is 0 Å². The van der Waals surface area contributed by atoms with E-state index in [1.165, 1.54) is 24.5 Å². The topological polar surface area (TPSA) is 87.5 Å². The first-order valence-corrected chi connectivity index (χ1v) is 5.10. The minimum Gasteiger partial charge on any atom is -0.478 e. The van der Waals surface area contributed by atoms with Crippen LogP contribution in [-0.2, 0) is 0 Å². The Bertz CT molecular complexity index is 605. The van der Waals surface area contributed by atoms with Gasteiger partial charge in [-0.3, -0.25) is 4.98 Å². The van der Waals surface area contributed by atoms with Crippen LogP contribution in [0.4, 0.5) is 0 Å². The Balaban J connectivity index is 2.49. The summed E-state index contributed by atoms with van der Waals surface area (Å²) < 4.78 is 0. The van der Waals surface area contributed by atoms with Crippen LogP contribution in [-0.4, -0.2) is 27.1 Å². The first kappa shape index (κ1) is 11.8. The Kier molecular flexibility index (Phi) is 3.05. The molecular formula is C13H9NO4. The molecule has 0 bridgehead atoms. The Morgan fingerprint density at radius 2 is 1.61 bits per heavy atom. The molecule has 0 saturated carbocycles. The number of carboxylic acid groups (broad SMARTS) is 2. The van der Waals surface area contributed by atoms with Crippen molar-refractivity contribution < 1.29 is 19.8 Å². The number of rotatable bonds is 3. The van der Waals surface area contributed by atoms with Crippen molar-refractivity contribution in [2.24, 2.45) is 0 Å². The van der Waals surface area contributed by atoms with E-state index in [0.717, 1.165) is 0 Å². The molecule has 18 heavy (non-hydrogen) atoms. The molecule has 2 rings (SSSR count). The van der Waals surface area contributed by atoms with Crippen LogP contribution in [0, 0.1) is 0 Å². The fraction of sp³-hybridized carbons (Fsp3) is 0. The number of carbonyl (C=O) groups is 2. The molecule has 1 aromatic carbocycles. The lowest BCUT2D eigenvalue weighted by molar-refractivity contribution is 0.0686. The number of aromatic nitrogens is 1. The average Bonchev–Trinajstić information content (AvgIpc) is 2.39. The Hall–Kier alpha value is -2.69. The van der Waals surface area contributed by atoms with Crippen LogP contribution in [0.5, 0.6) is 0 Å². The molecule has 0 radical (unpaired) electrons. The molecule has 5 nitrogen and oxygen atoms in total. The highest BCUT2D eigenvalue weighted by atomic mass is 16.4. The third-order valence-electron chi connectivity index (χ3n) is 2.49. The smallest absolute Gasteiger partial charge is 0.337 e. The zero-order valence-corrected chi connectivity index (χ0v) is 9.20. The first-order chi connectivity index (χ1) is 8.59. The maximum absolute atomic E-state index is 11.0. The van der Waals surface area contributed by atoms with E-state index in [-0.39, 0.29) is 11.1 Å². The third kappa shape index (κ3) is 2.20. The molecule has 2 aromatic rings. The quantitative estimate of drug-likeness (QED) is 0.862. The van der Waals surface area contributed by atoms with Crippen LogP contribution in [0.25, 0.3) is 11.1 Å². The highest BCUT2D eigenvalue weighted by Crippen LogP contribution is 2.23. The van der Waals surface area contributed by atoms with Crippen molar-refractivity contribution in [1.29, 1.82) is 0 Å². The van der Waals surface area contributed by atoms with E-state index in [1.807, 2.05) is 0 Å². The van der Waals surface area contributed by atoms with E-state index < -0.39 is 11.9 Å². The molecule has 2 N–H and O–H groups in total. The molecule has 0 unspecified atom stereocenters. The van der Waals surface area contributed by atoms with Crippen LogP contribution >= 0.6 is 0 Å². The van der Waals surface area contributed by atoms with E-state index in [9.17, 15) is 9.59 Å². The molecule has 0 spiro atoms. The van der Waals surface area contributed by atoms with E-state index in [1.54, 1.807) is 18.2 Å². The van der Waals surface area contributed by atoms with E-state index in [4.69, 9.17) is 10.2 Å². The fourth-order valence-electron chi connectivity index (χ4n) is 1.61. The summed E-state index contributed by atoms with van der Waals surface area (Å²) in [5, 5.41) is 17.8. The van der Waals surface area contributed by atoms with Gasteiger partial charge >= 0.3 is 11.9 Å². The summed E-state index contributed by atoms with van der Waals surface area (Å²) in [6, 6.07) is 7.60. The van der Waals surface area contributed by atoms with Crippen LogP contribution in [0.15, 0.2) is 42.7 Å². The van der Waals surface area contributed by atoms with Crippen LogP contribution in [0.1, 0.15) is 20.7 Å². The molecule has 0 saturated heterocycles. The summed E-state index contributed by atoms with van der Waals surface area (Å²) in [4.78, 5) is 25.5. The second kappa shape index (κ2) is 4.67. The third-order valence-corrected chi connectivity index (χ3v) is 2.49. The summed E-state index contributed by atoms with van der Waals surface area (Å²) in [7, 11) is 0. The fourth-order valence-corrected chi connectivity index (χ4v) is 1.61. The highest BCUT2D eigenvalue weighted by molar-refractivity contribution is 5.96. The largest absolute Gasteiger partial charge is 0.478 e. The Morgan fingerprint density at radius 3 is 2.17 bits per heavy atom. The van der Waals surface area contributed by atoms with Crippen molar-refractivity contribution in [3.8, 4) is 11.1 Å². The van der Waals surface area contributed by atoms with Gasteiger partial charge in [0.1, 0.15) is 0 Å². The van der Waals surface area contributed by atoms with Crippen LogP contribution in [0.3, 0.4) is 0 Å². The predicted octanol–water partition coefficient (Wildman–Crippen LogP) is 2.15. The molecule has 1 aromatic heterocycles. The molecule has 5 heteroatoms. The van der Waals surface area contributed by atoms with Gasteiger partial charge in [-0.05, 0) is 29.3 Å². The zero-order chi connectivity index (χ0) is 13.1. The number of carboxylic acids is 2. The van der Waals surface area contributed by atoms with E-state index >= 15 is 0 Å². The van der Waals surface area contributed by atoms with E-state index in [2.05, 4.69) is 4.98 Å². The lowest BCUT2D eigenvalue weighted by Crippen LogP contribution is -2.00. The van der Waals surface area contributed by atoms with Gasteiger partial charge < -0.3 is 10.2 Å². The Morgan fingerprint density at radius 1 is 0.944 bits per heavy atom. The van der Waals surface area contributed by atoms with E-state index in [0.29, 0.717) is 11.1 Å². The van der Waals surface area contributed by atoms with Crippen molar-refractivity contribution in [2.45, 2.75) is 0 Å². The average molecular weight is 243 g/mol.